The normalized spacial score (nSPS) is 11.8. The number of rotatable bonds is 4. The first-order valence-corrected chi connectivity index (χ1v) is 7.11. The maximum atomic E-state index is 12.6. The summed E-state index contributed by atoms with van der Waals surface area (Å²) < 4.78 is 39.6. The first kappa shape index (κ1) is 15.5. The van der Waals surface area contributed by atoms with Crippen LogP contribution in [0.2, 0.25) is 5.02 Å². The summed E-state index contributed by atoms with van der Waals surface area (Å²) in [6, 6.07) is 4.54. The Morgan fingerprint density at radius 2 is 2.13 bits per heavy atom. The van der Waals surface area contributed by atoms with Gasteiger partial charge in [0.2, 0.25) is 0 Å². The highest BCUT2D eigenvalue weighted by Crippen LogP contribution is 2.31. The highest BCUT2D eigenvalue weighted by Gasteiger charge is 2.32. The van der Waals surface area contributed by atoms with E-state index in [1.165, 1.54) is 0 Å². The van der Waals surface area contributed by atoms with E-state index in [9.17, 15) is 13.2 Å². The van der Waals surface area contributed by atoms with Crippen LogP contribution in [0.25, 0.3) is 11.2 Å². The fraction of sp³-hybridized carbons (Fsp3) is 0.214. The quantitative estimate of drug-likeness (QED) is 0.793. The third kappa shape index (κ3) is 3.37. The van der Waals surface area contributed by atoms with E-state index in [0.717, 1.165) is 23.4 Å². The van der Waals surface area contributed by atoms with Crippen molar-refractivity contribution in [1.29, 1.82) is 0 Å². The van der Waals surface area contributed by atoms with E-state index in [1.54, 1.807) is 18.6 Å². The zero-order chi connectivity index (χ0) is 16.4. The number of imidazole rings is 1. The van der Waals surface area contributed by atoms with Crippen molar-refractivity contribution >= 4 is 28.6 Å². The molecule has 3 aromatic heterocycles. The lowest BCUT2D eigenvalue weighted by atomic mass is 10.3. The first-order valence-electron chi connectivity index (χ1n) is 6.73. The molecule has 120 valence electrons. The average molecular weight is 343 g/mol. The van der Waals surface area contributed by atoms with Gasteiger partial charge in [0.15, 0.2) is 5.65 Å². The van der Waals surface area contributed by atoms with Crippen LogP contribution in [0.4, 0.5) is 19.0 Å². The second-order valence-electron chi connectivity index (χ2n) is 4.82. The highest BCUT2D eigenvalue weighted by molar-refractivity contribution is 6.32. The molecular weight excluding hydrogens is 331 g/mol. The minimum absolute atomic E-state index is 0.0200. The van der Waals surface area contributed by atoms with Crippen LogP contribution in [0.5, 0.6) is 0 Å². The molecule has 0 aliphatic rings. The standard InChI is InChI=1S/C14H11ClF3N5/c15-10-6-9(14(16,17)18)7-21-12(10)19-4-5-23-8-22-11-2-1-3-20-13(11)23/h1-3,6-8H,4-5H2,(H,19,21)/p+1. The number of alkyl halides is 3. The van der Waals surface area contributed by atoms with Crippen LogP contribution in [0.1, 0.15) is 5.56 Å². The molecule has 23 heavy (non-hydrogen) atoms. The number of nitrogens with one attached hydrogen (secondary N) is 2. The summed E-state index contributed by atoms with van der Waals surface area (Å²) >= 11 is 5.87. The van der Waals surface area contributed by atoms with Crippen LogP contribution >= 0.6 is 11.6 Å². The fourth-order valence-electron chi connectivity index (χ4n) is 2.13. The molecule has 0 bridgehead atoms. The van der Waals surface area contributed by atoms with Gasteiger partial charge in [-0.3, -0.25) is 5.32 Å². The summed E-state index contributed by atoms with van der Waals surface area (Å²) in [6.07, 6.45) is -0.214. The number of aromatic amines is 1. The van der Waals surface area contributed by atoms with Crippen LogP contribution in [0.15, 0.2) is 36.9 Å². The Balaban J connectivity index is 1.67. The van der Waals surface area contributed by atoms with Crippen LogP contribution in [0, 0.1) is 0 Å². The van der Waals surface area contributed by atoms with Gasteiger partial charge in [0.25, 0.3) is 5.82 Å². The number of aromatic nitrogens is 4. The first-order chi connectivity index (χ1) is 10.9. The second kappa shape index (κ2) is 6.04. The Labute approximate surface area is 134 Å². The monoisotopic (exact) mass is 342 g/mol. The number of halogens is 4. The molecule has 0 aliphatic carbocycles. The van der Waals surface area contributed by atoms with Crippen LogP contribution < -0.4 is 10.3 Å². The molecule has 0 atom stereocenters. The molecule has 0 amide bonds. The lowest BCUT2D eigenvalue weighted by Crippen LogP contribution is -2.20. The third-order valence-electron chi connectivity index (χ3n) is 3.25. The third-order valence-corrected chi connectivity index (χ3v) is 3.55. The maximum Gasteiger partial charge on any atom is 0.419 e. The molecule has 0 saturated heterocycles. The van der Waals surface area contributed by atoms with Gasteiger partial charge in [0.05, 0.1) is 18.4 Å². The van der Waals surface area contributed by atoms with Gasteiger partial charge in [-0.1, -0.05) is 11.6 Å². The Morgan fingerprint density at radius 3 is 2.87 bits per heavy atom. The van der Waals surface area contributed by atoms with Gasteiger partial charge in [-0.2, -0.15) is 13.2 Å². The molecule has 0 radical (unpaired) electrons. The molecule has 0 spiro atoms. The molecular formula is C14H12ClF3N5+. The number of hydrogen-bond donors (Lipinski definition) is 1. The zero-order valence-electron chi connectivity index (χ0n) is 11.7. The number of H-pyrrole nitrogens is 1. The predicted molar refractivity (Wildman–Crippen MR) is 79.0 cm³/mol. The van der Waals surface area contributed by atoms with Gasteiger partial charge in [-0.05, 0) is 18.2 Å². The Hall–Kier alpha value is -2.35. The van der Waals surface area contributed by atoms with E-state index >= 15 is 0 Å². The van der Waals surface area contributed by atoms with Crippen molar-refractivity contribution in [3.05, 3.63) is 47.5 Å². The van der Waals surface area contributed by atoms with E-state index in [2.05, 4.69) is 20.3 Å². The number of fused-ring (bicyclic) bond motifs is 1. The van der Waals surface area contributed by atoms with Gasteiger partial charge in [-0.25, -0.2) is 15.0 Å². The number of pyridine rings is 2. The molecule has 3 rings (SSSR count). The van der Waals surface area contributed by atoms with Crippen molar-refractivity contribution < 1.29 is 18.2 Å². The van der Waals surface area contributed by atoms with E-state index in [0.29, 0.717) is 18.9 Å². The molecule has 9 heteroatoms. The van der Waals surface area contributed by atoms with Gasteiger partial charge in [-0.15, -0.1) is 0 Å². The van der Waals surface area contributed by atoms with Crippen molar-refractivity contribution in [3.63, 3.8) is 0 Å². The second-order valence-corrected chi connectivity index (χ2v) is 5.23. The summed E-state index contributed by atoms with van der Waals surface area (Å²) in [6.45, 7) is 0.988. The lowest BCUT2D eigenvalue weighted by Gasteiger charge is -2.07. The molecule has 3 heterocycles. The molecule has 0 unspecified atom stereocenters. The van der Waals surface area contributed by atoms with Crippen molar-refractivity contribution in [2.24, 2.45) is 0 Å². The topological polar surface area (TPSA) is 56.9 Å². The molecule has 0 aliphatic heterocycles. The summed E-state index contributed by atoms with van der Waals surface area (Å²) in [5, 5.41) is 2.94. The number of anilines is 1. The Kier molecular flexibility index (Phi) is 4.08. The fourth-order valence-corrected chi connectivity index (χ4v) is 2.37. The highest BCUT2D eigenvalue weighted by atomic mass is 35.5. The summed E-state index contributed by atoms with van der Waals surface area (Å²) in [5.41, 5.74) is 0.710. The number of nitrogens with zero attached hydrogens (tertiary/aromatic N) is 3. The average Bonchev–Trinajstić information content (AvgIpc) is 2.91. The van der Waals surface area contributed by atoms with Gasteiger partial charge >= 0.3 is 6.18 Å². The maximum absolute atomic E-state index is 12.6. The van der Waals surface area contributed by atoms with Gasteiger partial charge in [0.1, 0.15) is 23.3 Å². The van der Waals surface area contributed by atoms with Crippen LogP contribution in [0.3, 0.4) is 0 Å². The SMILES string of the molecule is FC(F)(F)c1c[nH+]c(NCCn2cnc3cccnc32)c(Cl)c1. The van der Waals surface area contributed by atoms with E-state index in [4.69, 9.17) is 11.6 Å². The van der Waals surface area contributed by atoms with E-state index in [1.807, 2.05) is 10.6 Å². The van der Waals surface area contributed by atoms with Crippen molar-refractivity contribution in [2.45, 2.75) is 12.7 Å². The predicted octanol–water partition coefficient (Wildman–Crippen LogP) is 3.03. The molecule has 3 aromatic rings. The smallest absolute Gasteiger partial charge is 0.311 e. The van der Waals surface area contributed by atoms with Gasteiger partial charge < -0.3 is 4.57 Å². The van der Waals surface area contributed by atoms with Crippen molar-refractivity contribution in [3.8, 4) is 0 Å². The molecule has 0 fully saturated rings. The van der Waals surface area contributed by atoms with E-state index in [-0.39, 0.29) is 5.02 Å². The summed E-state index contributed by atoms with van der Waals surface area (Å²) in [5.74, 6) is 0.331. The molecule has 0 aromatic carbocycles. The van der Waals surface area contributed by atoms with Crippen molar-refractivity contribution in [2.75, 3.05) is 11.9 Å². The molecule has 2 N–H and O–H groups in total. The minimum atomic E-state index is -4.43. The number of hydrogen-bond acceptors (Lipinski definition) is 3. The Morgan fingerprint density at radius 1 is 1.30 bits per heavy atom. The van der Waals surface area contributed by atoms with Crippen LogP contribution in [-0.2, 0) is 12.7 Å². The summed E-state index contributed by atoms with van der Waals surface area (Å²) in [4.78, 5) is 11.0. The van der Waals surface area contributed by atoms with E-state index < -0.39 is 11.7 Å². The van der Waals surface area contributed by atoms with Crippen molar-refractivity contribution in [1.82, 2.24) is 14.5 Å². The van der Waals surface area contributed by atoms with Crippen LogP contribution in [-0.4, -0.2) is 21.1 Å². The summed E-state index contributed by atoms with van der Waals surface area (Å²) in [7, 11) is 0. The molecule has 5 nitrogen and oxygen atoms in total. The van der Waals surface area contributed by atoms with Gasteiger partial charge in [0, 0.05) is 6.20 Å². The Bertz CT molecular complexity index is 831. The lowest BCUT2D eigenvalue weighted by molar-refractivity contribution is -0.364. The zero-order valence-corrected chi connectivity index (χ0v) is 12.5. The largest absolute Gasteiger partial charge is 0.419 e. The molecule has 0 saturated carbocycles. The minimum Gasteiger partial charge on any atom is -0.311 e.